The number of nitrogens with one attached hydrogen (secondary N) is 3. The van der Waals surface area contributed by atoms with Crippen molar-refractivity contribution in [2.24, 2.45) is 0 Å². The minimum absolute atomic E-state index is 0.0257. The molecule has 10 nitrogen and oxygen atoms in total. The fourth-order valence-corrected chi connectivity index (χ4v) is 1.75. The number of rotatable bonds is 8. The lowest BCUT2D eigenvalue weighted by atomic mass is 10.1. The van der Waals surface area contributed by atoms with Gasteiger partial charge in [-0.25, -0.2) is 0 Å². The first-order valence-corrected chi connectivity index (χ1v) is 7.02. The quantitative estimate of drug-likeness (QED) is 0.303. The standard InChI is InChI=1S/C14H18N4O6/c1-8(14(21)22)17-13(20)10-3-4-11(12(7-10)18(23)24)16-6-5-15-9(2)19/h3-4,7-8,16H,5-6H2,1-2H3,(H,15,19)(H,17,20)(H,21,22). The van der Waals surface area contributed by atoms with Crippen LogP contribution in [0.4, 0.5) is 11.4 Å². The fraction of sp³-hybridized carbons (Fsp3) is 0.357. The number of nitro benzene ring substituents is 1. The van der Waals surface area contributed by atoms with Crippen LogP contribution < -0.4 is 16.0 Å². The van der Waals surface area contributed by atoms with Crippen LogP contribution in [0.25, 0.3) is 0 Å². The number of anilines is 1. The fourth-order valence-electron chi connectivity index (χ4n) is 1.75. The maximum atomic E-state index is 11.9. The first-order chi connectivity index (χ1) is 11.2. The molecule has 2 amide bonds. The highest BCUT2D eigenvalue weighted by Gasteiger charge is 2.20. The van der Waals surface area contributed by atoms with Gasteiger partial charge in [0, 0.05) is 31.6 Å². The number of carboxylic acid groups (broad SMARTS) is 1. The van der Waals surface area contributed by atoms with E-state index < -0.39 is 22.8 Å². The van der Waals surface area contributed by atoms with E-state index in [1.54, 1.807) is 0 Å². The molecule has 0 bridgehead atoms. The van der Waals surface area contributed by atoms with Gasteiger partial charge < -0.3 is 21.1 Å². The lowest BCUT2D eigenvalue weighted by Crippen LogP contribution is -2.38. The number of carboxylic acids is 1. The average Bonchev–Trinajstić information content (AvgIpc) is 2.50. The SMILES string of the molecule is CC(=O)NCCNc1ccc(C(=O)NC(C)C(=O)O)cc1[N+](=O)[O-]. The Kier molecular flexibility index (Phi) is 6.65. The summed E-state index contributed by atoms with van der Waals surface area (Å²) in [6.45, 7) is 3.19. The first-order valence-electron chi connectivity index (χ1n) is 7.02. The van der Waals surface area contributed by atoms with Gasteiger partial charge in [-0.3, -0.25) is 24.5 Å². The van der Waals surface area contributed by atoms with Crippen molar-refractivity contribution in [3.8, 4) is 0 Å². The summed E-state index contributed by atoms with van der Waals surface area (Å²) in [5.41, 5.74) is -0.163. The predicted octanol–water partition coefficient (Wildman–Crippen LogP) is 0.346. The molecule has 1 aromatic carbocycles. The number of amides is 2. The number of hydrogen-bond acceptors (Lipinski definition) is 6. The van der Waals surface area contributed by atoms with Crippen molar-refractivity contribution in [3.63, 3.8) is 0 Å². The molecule has 0 aliphatic heterocycles. The van der Waals surface area contributed by atoms with E-state index in [4.69, 9.17) is 5.11 Å². The molecule has 10 heteroatoms. The van der Waals surface area contributed by atoms with Crippen LogP contribution in [0.5, 0.6) is 0 Å². The number of aliphatic carboxylic acids is 1. The minimum atomic E-state index is -1.21. The highest BCUT2D eigenvalue weighted by atomic mass is 16.6. The Labute approximate surface area is 137 Å². The van der Waals surface area contributed by atoms with E-state index in [2.05, 4.69) is 16.0 Å². The molecule has 1 aromatic rings. The van der Waals surface area contributed by atoms with Gasteiger partial charge in [0.05, 0.1) is 4.92 Å². The van der Waals surface area contributed by atoms with Crippen LogP contribution in [0.15, 0.2) is 18.2 Å². The molecule has 0 aliphatic carbocycles. The van der Waals surface area contributed by atoms with Crippen LogP contribution >= 0.6 is 0 Å². The Bertz CT molecular complexity index is 661. The van der Waals surface area contributed by atoms with E-state index in [1.165, 1.54) is 26.0 Å². The molecule has 1 unspecified atom stereocenters. The third-order valence-corrected chi connectivity index (χ3v) is 2.99. The van der Waals surface area contributed by atoms with Gasteiger partial charge in [0.1, 0.15) is 11.7 Å². The molecule has 0 spiro atoms. The zero-order valence-electron chi connectivity index (χ0n) is 13.2. The smallest absolute Gasteiger partial charge is 0.325 e. The maximum Gasteiger partial charge on any atom is 0.325 e. The molecular formula is C14H18N4O6. The Morgan fingerprint density at radius 1 is 1.29 bits per heavy atom. The van der Waals surface area contributed by atoms with E-state index in [0.717, 1.165) is 6.07 Å². The second-order valence-electron chi connectivity index (χ2n) is 4.93. The largest absolute Gasteiger partial charge is 0.480 e. The molecular weight excluding hydrogens is 320 g/mol. The van der Waals surface area contributed by atoms with Gasteiger partial charge >= 0.3 is 5.97 Å². The molecule has 1 atom stereocenters. The monoisotopic (exact) mass is 338 g/mol. The molecule has 0 aliphatic rings. The second kappa shape index (κ2) is 8.46. The second-order valence-corrected chi connectivity index (χ2v) is 4.93. The summed E-state index contributed by atoms with van der Waals surface area (Å²) in [5, 5.41) is 27.4. The number of nitro groups is 1. The molecule has 0 aromatic heterocycles. The van der Waals surface area contributed by atoms with Crippen LogP contribution in [0, 0.1) is 10.1 Å². The number of benzene rings is 1. The molecule has 130 valence electrons. The van der Waals surface area contributed by atoms with Crippen molar-refractivity contribution in [2.75, 3.05) is 18.4 Å². The highest BCUT2D eigenvalue weighted by molar-refractivity contribution is 5.97. The predicted molar refractivity (Wildman–Crippen MR) is 84.8 cm³/mol. The summed E-state index contributed by atoms with van der Waals surface area (Å²) in [6, 6.07) is 2.64. The number of carbonyl (C=O) groups is 3. The van der Waals surface area contributed by atoms with Gasteiger partial charge in [-0.2, -0.15) is 0 Å². The van der Waals surface area contributed by atoms with Gasteiger partial charge in [-0.05, 0) is 19.1 Å². The van der Waals surface area contributed by atoms with Crippen LogP contribution in [0.3, 0.4) is 0 Å². The summed E-state index contributed by atoms with van der Waals surface area (Å²) in [6.07, 6.45) is 0. The third kappa shape index (κ3) is 5.55. The van der Waals surface area contributed by atoms with Crippen molar-refractivity contribution in [1.82, 2.24) is 10.6 Å². The molecule has 1 rings (SSSR count). The maximum absolute atomic E-state index is 11.9. The number of hydrogen-bond donors (Lipinski definition) is 4. The Morgan fingerprint density at radius 3 is 2.50 bits per heavy atom. The van der Waals surface area contributed by atoms with E-state index in [9.17, 15) is 24.5 Å². The van der Waals surface area contributed by atoms with E-state index in [-0.39, 0.29) is 35.9 Å². The zero-order valence-corrected chi connectivity index (χ0v) is 13.2. The minimum Gasteiger partial charge on any atom is -0.480 e. The van der Waals surface area contributed by atoms with Crippen molar-refractivity contribution in [2.45, 2.75) is 19.9 Å². The van der Waals surface area contributed by atoms with E-state index >= 15 is 0 Å². The lowest BCUT2D eigenvalue weighted by Gasteiger charge is -2.11. The van der Waals surface area contributed by atoms with Crippen LogP contribution in [-0.4, -0.2) is 46.9 Å². The summed E-state index contributed by atoms with van der Waals surface area (Å²) >= 11 is 0. The Hall–Kier alpha value is -3.17. The van der Waals surface area contributed by atoms with E-state index in [0.29, 0.717) is 0 Å². The lowest BCUT2D eigenvalue weighted by molar-refractivity contribution is -0.384. The van der Waals surface area contributed by atoms with E-state index in [1.807, 2.05) is 0 Å². The molecule has 0 heterocycles. The summed E-state index contributed by atoms with van der Waals surface area (Å²) < 4.78 is 0. The van der Waals surface area contributed by atoms with Crippen LogP contribution in [0.1, 0.15) is 24.2 Å². The average molecular weight is 338 g/mol. The van der Waals surface area contributed by atoms with Crippen molar-refractivity contribution < 1.29 is 24.4 Å². The van der Waals surface area contributed by atoms with Crippen LogP contribution in [0.2, 0.25) is 0 Å². The van der Waals surface area contributed by atoms with Gasteiger partial charge in [-0.1, -0.05) is 0 Å². The van der Waals surface area contributed by atoms with Gasteiger partial charge in [0.25, 0.3) is 11.6 Å². The third-order valence-electron chi connectivity index (χ3n) is 2.99. The molecule has 0 saturated heterocycles. The normalized spacial score (nSPS) is 11.2. The number of carbonyl (C=O) groups excluding carboxylic acids is 2. The van der Waals surface area contributed by atoms with Gasteiger partial charge in [-0.15, -0.1) is 0 Å². The first kappa shape index (κ1) is 18.9. The Morgan fingerprint density at radius 2 is 1.96 bits per heavy atom. The molecule has 0 fully saturated rings. The van der Waals surface area contributed by atoms with Gasteiger partial charge in [0.2, 0.25) is 5.91 Å². The Balaban J connectivity index is 2.86. The van der Waals surface area contributed by atoms with Crippen molar-refractivity contribution in [3.05, 3.63) is 33.9 Å². The summed E-state index contributed by atoms with van der Waals surface area (Å²) in [5.74, 6) is -2.15. The van der Waals surface area contributed by atoms with Crippen molar-refractivity contribution in [1.29, 1.82) is 0 Å². The molecule has 0 radical (unpaired) electrons. The topological polar surface area (TPSA) is 151 Å². The number of nitrogens with zero attached hydrogens (tertiary/aromatic N) is 1. The molecule has 0 saturated carbocycles. The summed E-state index contributed by atoms with van der Waals surface area (Å²) in [7, 11) is 0. The molecule has 4 N–H and O–H groups in total. The molecule has 24 heavy (non-hydrogen) atoms. The zero-order chi connectivity index (χ0) is 18.3. The summed E-state index contributed by atoms with van der Waals surface area (Å²) in [4.78, 5) is 43.9. The van der Waals surface area contributed by atoms with Crippen LogP contribution in [-0.2, 0) is 9.59 Å². The van der Waals surface area contributed by atoms with Crippen molar-refractivity contribution >= 4 is 29.2 Å². The van der Waals surface area contributed by atoms with Gasteiger partial charge in [0.15, 0.2) is 0 Å². The highest BCUT2D eigenvalue weighted by Crippen LogP contribution is 2.25.